The molecule has 0 unspecified atom stereocenters. The smallest absolute Gasteiger partial charge is 0.241 e. The Bertz CT molecular complexity index is 507. The number of anilines is 1. The number of nitrogens with zero attached hydrogens (tertiary/aromatic N) is 2. The number of carbonyl (C=O) groups excluding carboxylic acids is 1. The second-order valence-corrected chi connectivity index (χ2v) is 3.93. The molecule has 19 heavy (non-hydrogen) atoms. The normalized spacial score (nSPS) is 10.4. The van der Waals surface area contributed by atoms with Crippen molar-refractivity contribution in [2.24, 2.45) is 0 Å². The Balaban J connectivity index is 1.80. The van der Waals surface area contributed by atoms with Gasteiger partial charge in [0.1, 0.15) is 12.3 Å². The summed E-state index contributed by atoms with van der Waals surface area (Å²) >= 11 is 0. The molecule has 0 saturated carbocycles. The van der Waals surface area contributed by atoms with Gasteiger partial charge in [0, 0.05) is 12.7 Å². The minimum absolute atomic E-state index is 0.0687. The number of carbonyl (C=O) groups is 1. The summed E-state index contributed by atoms with van der Waals surface area (Å²) in [5.74, 6) is 0.642. The van der Waals surface area contributed by atoms with Crippen molar-refractivity contribution in [1.29, 1.82) is 0 Å². The van der Waals surface area contributed by atoms with Gasteiger partial charge in [-0.3, -0.25) is 9.48 Å². The Morgan fingerprint density at radius 1 is 1.53 bits per heavy atom. The van der Waals surface area contributed by atoms with Gasteiger partial charge in [0.2, 0.25) is 5.91 Å². The van der Waals surface area contributed by atoms with Crippen LogP contribution in [0.4, 0.5) is 5.69 Å². The lowest BCUT2D eigenvalue weighted by molar-refractivity contribution is -0.122. The zero-order valence-electron chi connectivity index (χ0n) is 10.4. The van der Waals surface area contributed by atoms with Crippen LogP contribution in [0.25, 0.3) is 0 Å². The van der Waals surface area contributed by atoms with Crippen molar-refractivity contribution in [3.63, 3.8) is 0 Å². The highest BCUT2D eigenvalue weighted by Crippen LogP contribution is 2.08. The first-order valence-electron chi connectivity index (χ1n) is 5.94. The van der Waals surface area contributed by atoms with E-state index < -0.39 is 0 Å². The van der Waals surface area contributed by atoms with Gasteiger partial charge in [-0.15, -0.1) is 0 Å². The van der Waals surface area contributed by atoms with E-state index in [0.29, 0.717) is 6.54 Å². The number of amides is 1. The molecule has 2 aromatic heterocycles. The third kappa shape index (κ3) is 4.14. The van der Waals surface area contributed by atoms with Crippen LogP contribution in [0.3, 0.4) is 0 Å². The SMILES string of the molecule is O=C(Cn1cc(NCc2ccco2)cn1)NCCO. The van der Waals surface area contributed by atoms with E-state index in [9.17, 15) is 4.79 Å². The third-order valence-electron chi connectivity index (χ3n) is 2.42. The van der Waals surface area contributed by atoms with E-state index in [2.05, 4.69) is 15.7 Å². The third-order valence-corrected chi connectivity index (χ3v) is 2.42. The Kier molecular flexibility index (Phi) is 4.57. The molecule has 2 aromatic rings. The minimum Gasteiger partial charge on any atom is -0.467 e. The maximum absolute atomic E-state index is 11.4. The summed E-state index contributed by atoms with van der Waals surface area (Å²) in [7, 11) is 0. The summed E-state index contributed by atoms with van der Waals surface area (Å²) in [5, 5.41) is 18.3. The fourth-order valence-corrected chi connectivity index (χ4v) is 1.54. The van der Waals surface area contributed by atoms with Gasteiger partial charge in [-0.1, -0.05) is 0 Å². The predicted molar refractivity (Wildman–Crippen MR) is 68.4 cm³/mol. The van der Waals surface area contributed by atoms with Gasteiger partial charge in [0.05, 0.1) is 31.3 Å². The van der Waals surface area contributed by atoms with Crippen molar-refractivity contribution in [2.45, 2.75) is 13.1 Å². The Morgan fingerprint density at radius 2 is 2.42 bits per heavy atom. The number of aliphatic hydroxyl groups excluding tert-OH is 1. The van der Waals surface area contributed by atoms with Gasteiger partial charge in [0.15, 0.2) is 0 Å². The summed E-state index contributed by atoms with van der Waals surface area (Å²) in [6.45, 7) is 0.877. The number of nitrogens with one attached hydrogen (secondary N) is 2. The van der Waals surface area contributed by atoms with Crippen LogP contribution in [0, 0.1) is 0 Å². The number of aliphatic hydroxyl groups is 1. The molecule has 2 rings (SSSR count). The van der Waals surface area contributed by atoms with E-state index in [-0.39, 0.29) is 25.6 Å². The van der Waals surface area contributed by atoms with Crippen molar-refractivity contribution >= 4 is 11.6 Å². The van der Waals surface area contributed by atoms with E-state index >= 15 is 0 Å². The Labute approximate surface area is 110 Å². The lowest BCUT2D eigenvalue weighted by Crippen LogP contribution is -2.30. The van der Waals surface area contributed by atoms with Crippen molar-refractivity contribution in [3.05, 3.63) is 36.5 Å². The van der Waals surface area contributed by atoms with Crippen LogP contribution in [-0.4, -0.2) is 33.9 Å². The second kappa shape index (κ2) is 6.60. The van der Waals surface area contributed by atoms with Crippen LogP contribution in [0.2, 0.25) is 0 Å². The highest BCUT2D eigenvalue weighted by Gasteiger charge is 2.04. The van der Waals surface area contributed by atoms with Crippen LogP contribution in [0.15, 0.2) is 35.2 Å². The van der Waals surface area contributed by atoms with Gasteiger partial charge < -0.3 is 20.2 Å². The van der Waals surface area contributed by atoms with Gasteiger partial charge in [-0.05, 0) is 12.1 Å². The molecular formula is C12H16N4O3. The molecule has 7 heteroatoms. The molecule has 102 valence electrons. The van der Waals surface area contributed by atoms with Crippen molar-refractivity contribution in [2.75, 3.05) is 18.5 Å². The fraction of sp³-hybridized carbons (Fsp3) is 0.333. The molecular weight excluding hydrogens is 248 g/mol. The lowest BCUT2D eigenvalue weighted by Gasteiger charge is -2.03. The summed E-state index contributed by atoms with van der Waals surface area (Å²) in [4.78, 5) is 11.4. The number of rotatable bonds is 7. The predicted octanol–water partition coefficient (Wildman–Crippen LogP) is 0.197. The lowest BCUT2D eigenvalue weighted by atomic mass is 10.4. The second-order valence-electron chi connectivity index (χ2n) is 3.93. The Hall–Kier alpha value is -2.28. The van der Waals surface area contributed by atoms with E-state index in [1.54, 1.807) is 18.7 Å². The molecule has 0 aliphatic rings. The molecule has 0 fully saturated rings. The van der Waals surface area contributed by atoms with Gasteiger partial charge >= 0.3 is 0 Å². The number of aromatic nitrogens is 2. The summed E-state index contributed by atoms with van der Waals surface area (Å²) in [6.07, 6.45) is 5.00. The van der Waals surface area contributed by atoms with Crippen LogP contribution < -0.4 is 10.6 Å². The molecule has 0 spiro atoms. The first-order valence-corrected chi connectivity index (χ1v) is 5.94. The first kappa shape index (κ1) is 13.2. The van der Waals surface area contributed by atoms with Gasteiger partial charge in [-0.25, -0.2) is 0 Å². The van der Waals surface area contributed by atoms with Gasteiger partial charge in [-0.2, -0.15) is 5.10 Å². The van der Waals surface area contributed by atoms with Gasteiger partial charge in [0.25, 0.3) is 0 Å². The van der Waals surface area contributed by atoms with Crippen molar-refractivity contribution in [3.8, 4) is 0 Å². The standard InChI is InChI=1S/C12H16N4O3/c17-4-3-13-12(18)9-16-8-10(6-15-16)14-7-11-2-1-5-19-11/h1-2,5-6,8,14,17H,3-4,7,9H2,(H,13,18). The quantitative estimate of drug-likeness (QED) is 0.664. The fourth-order valence-electron chi connectivity index (χ4n) is 1.54. The maximum Gasteiger partial charge on any atom is 0.241 e. The average Bonchev–Trinajstić information content (AvgIpc) is 3.05. The summed E-state index contributed by atoms with van der Waals surface area (Å²) in [5.41, 5.74) is 0.811. The van der Waals surface area contributed by atoms with E-state index in [4.69, 9.17) is 9.52 Å². The monoisotopic (exact) mass is 264 g/mol. The van der Waals surface area contributed by atoms with Crippen LogP contribution >= 0.6 is 0 Å². The Morgan fingerprint density at radius 3 is 3.16 bits per heavy atom. The molecule has 1 amide bonds. The summed E-state index contributed by atoms with van der Waals surface area (Å²) < 4.78 is 6.72. The number of hydrogen-bond donors (Lipinski definition) is 3. The van der Waals surface area contributed by atoms with E-state index in [0.717, 1.165) is 11.4 Å². The van der Waals surface area contributed by atoms with Crippen molar-refractivity contribution < 1.29 is 14.3 Å². The molecule has 0 aliphatic carbocycles. The topological polar surface area (TPSA) is 92.3 Å². The number of hydrogen-bond acceptors (Lipinski definition) is 5. The van der Waals surface area contributed by atoms with Crippen LogP contribution in [-0.2, 0) is 17.9 Å². The molecule has 7 nitrogen and oxygen atoms in total. The van der Waals surface area contributed by atoms with Crippen LogP contribution in [0.5, 0.6) is 0 Å². The number of furan rings is 1. The zero-order valence-corrected chi connectivity index (χ0v) is 10.4. The maximum atomic E-state index is 11.4. The van der Waals surface area contributed by atoms with Crippen molar-refractivity contribution in [1.82, 2.24) is 15.1 Å². The molecule has 0 aliphatic heterocycles. The largest absolute Gasteiger partial charge is 0.467 e. The van der Waals surface area contributed by atoms with Crippen LogP contribution in [0.1, 0.15) is 5.76 Å². The highest BCUT2D eigenvalue weighted by molar-refractivity contribution is 5.75. The molecule has 0 aromatic carbocycles. The molecule has 0 atom stereocenters. The van der Waals surface area contributed by atoms with E-state index in [1.165, 1.54) is 4.68 Å². The molecule has 3 N–H and O–H groups in total. The first-order chi connectivity index (χ1) is 9.28. The average molecular weight is 264 g/mol. The minimum atomic E-state index is -0.185. The molecule has 0 radical (unpaired) electrons. The molecule has 0 saturated heterocycles. The van der Waals surface area contributed by atoms with E-state index in [1.807, 2.05) is 12.1 Å². The highest BCUT2D eigenvalue weighted by atomic mass is 16.3. The zero-order chi connectivity index (χ0) is 13.5. The molecule has 2 heterocycles. The summed E-state index contributed by atoms with van der Waals surface area (Å²) in [6, 6.07) is 3.70. The molecule has 0 bridgehead atoms.